The Morgan fingerprint density at radius 3 is 2.00 bits per heavy atom. The van der Waals surface area contributed by atoms with Gasteiger partial charge in [-0.25, -0.2) is 0 Å². The maximum Gasteiger partial charge on any atom is 0.390 e. The highest BCUT2D eigenvalue weighted by Crippen LogP contribution is 2.28. The Morgan fingerprint density at radius 1 is 1.16 bits per heavy atom. The van der Waals surface area contributed by atoms with Gasteiger partial charge in [-0.05, 0) is 37.3 Å². The zero-order valence-electron chi connectivity index (χ0n) is 11.1. The van der Waals surface area contributed by atoms with Crippen LogP contribution in [0.25, 0.3) is 0 Å². The Bertz CT molecular complexity index is 389. The molecule has 2 N–H and O–H groups in total. The van der Waals surface area contributed by atoms with Crippen LogP contribution in [0.4, 0.5) is 13.2 Å². The predicted octanol–water partition coefficient (Wildman–Crippen LogP) is 4.27. The van der Waals surface area contributed by atoms with Crippen LogP contribution in [0.2, 0.25) is 19.6 Å². The summed E-state index contributed by atoms with van der Waals surface area (Å²) in [5.41, 5.74) is 5.97. The van der Waals surface area contributed by atoms with Gasteiger partial charge in [0.05, 0.1) is 6.42 Å². The van der Waals surface area contributed by atoms with Crippen LogP contribution in [-0.4, -0.2) is 14.5 Å². The lowest BCUT2D eigenvalue weighted by atomic mass is 10.0. The van der Waals surface area contributed by atoms with E-state index < -0.39 is 27.0 Å². The minimum atomic E-state index is -4.24. The molecule has 0 aliphatic rings. The molecule has 1 atom stereocenters. The number of rotatable bonds is 4. The standard InChI is InChI=1S/C12H18F3NOSi.ClH/c1-18(2,3)17-10-6-4-9(5-7-10)11(16)8-12(13,14)15;/h4-7,11H,8,16H2,1-3H3;1H/t11-;/m0./s1. The Labute approximate surface area is 118 Å². The van der Waals surface area contributed by atoms with Gasteiger partial charge >= 0.3 is 6.18 Å². The van der Waals surface area contributed by atoms with E-state index in [9.17, 15) is 13.2 Å². The van der Waals surface area contributed by atoms with E-state index in [0.29, 0.717) is 11.3 Å². The first kappa shape index (κ1) is 18.3. The highest BCUT2D eigenvalue weighted by molar-refractivity contribution is 6.70. The molecule has 19 heavy (non-hydrogen) atoms. The Hall–Kier alpha value is -0.723. The number of hydrogen-bond donors (Lipinski definition) is 1. The van der Waals surface area contributed by atoms with Crippen LogP contribution < -0.4 is 10.2 Å². The fraction of sp³-hybridized carbons (Fsp3) is 0.500. The molecule has 0 amide bonds. The summed E-state index contributed by atoms with van der Waals surface area (Å²) in [6.07, 6.45) is -5.26. The third-order valence-electron chi connectivity index (χ3n) is 2.18. The second-order valence-corrected chi connectivity index (χ2v) is 9.64. The molecule has 0 radical (unpaired) electrons. The summed E-state index contributed by atoms with van der Waals surface area (Å²) in [7, 11) is -1.69. The monoisotopic (exact) mass is 313 g/mol. The molecule has 0 saturated carbocycles. The molecule has 0 saturated heterocycles. The molecule has 1 aromatic rings. The highest BCUT2D eigenvalue weighted by atomic mass is 35.5. The molecule has 0 heterocycles. The van der Waals surface area contributed by atoms with Gasteiger partial charge in [0.15, 0.2) is 0 Å². The van der Waals surface area contributed by atoms with Crippen LogP contribution in [-0.2, 0) is 0 Å². The lowest BCUT2D eigenvalue weighted by Crippen LogP contribution is -2.29. The fourth-order valence-corrected chi connectivity index (χ4v) is 2.35. The van der Waals surface area contributed by atoms with E-state index in [4.69, 9.17) is 10.2 Å². The van der Waals surface area contributed by atoms with E-state index in [0.717, 1.165) is 0 Å². The fourth-order valence-electron chi connectivity index (χ4n) is 1.50. The van der Waals surface area contributed by atoms with Crippen molar-refractivity contribution in [1.29, 1.82) is 0 Å². The maximum absolute atomic E-state index is 12.2. The van der Waals surface area contributed by atoms with Crippen molar-refractivity contribution in [3.05, 3.63) is 29.8 Å². The third kappa shape index (κ3) is 7.44. The van der Waals surface area contributed by atoms with E-state index in [1.54, 1.807) is 24.3 Å². The first-order valence-corrected chi connectivity index (χ1v) is 9.09. The SMILES string of the molecule is C[Si](C)(C)Oc1ccc([C@@H](N)CC(F)(F)F)cc1.Cl. The Kier molecular flexibility index (Phi) is 6.38. The summed E-state index contributed by atoms with van der Waals surface area (Å²) in [5, 5.41) is 0. The molecular weight excluding hydrogens is 295 g/mol. The molecule has 0 fully saturated rings. The van der Waals surface area contributed by atoms with Crippen LogP contribution in [0.1, 0.15) is 18.0 Å². The van der Waals surface area contributed by atoms with Crippen molar-refractivity contribution in [1.82, 2.24) is 0 Å². The van der Waals surface area contributed by atoms with Crippen molar-refractivity contribution in [2.45, 2.75) is 38.3 Å². The lowest BCUT2D eigenvalue weighted by Gasteiger charge is -2.20. The molecule has 1 rings (SSSR count). The van der Waals surface area contributed by atoms with Crippen LogP contribution >= 0.6 is 12.4 Å². The molecule has 0 bridgehead atoms. The molecule has 0 aliphatic heterocycles. The molecule has 0 unspecified atom stereocenters. The zero-order valence-corrected chi connectivity index (χ0v) is 12.9. The first-order valence-electron chi connectivity index (χ1n) is 5.68. The van der Waals surface area contributed by atoms with Gasteiger partial charge in [0.25, 0.3) is 0 Å². The maximum atomic E-state index is 12.2. The van der Waals surface area contributed by atoms with Gasteiger partial charge in [-0.15, -0.1) is 12.4 Å². The molecule has 0 aromatic heterocycles. The van der Waals surface area contributed by atoms with Gasteiger partial charge in [0.1, 0.15) is 5.75 Å². The number of nitrogens with two attached hydrogens (primary N) is 1. The van der Waals surface area contributed by atoms with E-state index in [1.807, 2.05) is 19.6 Å². The van der Waals surface area contributed by atoms with Crippen molar-refractivity contribution in [2.24, 2.45) is 5.73 Å². The molecule has 110 valence electrons. The molecule has 0 spiro atoms. The minimum Gasteiger partial charge on any atom is -0.544 e. The Balaban J connectivity index is 0.00000324. The summed E-state index contributed by atoms with van der Waals surface area (Å²) in [6, 6.07) is 5.50. The quantitative estimate of drug-likeness (QED) is 0.842. The van der Waals surface area contributed by atoms with E-state index in [-0.39, 0.29) is 12.4 Å². The average molecular weight is 314 g/mol. The van der Waals surface area contributed by atoms with Gasteiger partial charge in [0, 0.05) is 6.04 Å². The van der Waals surface area contributed by atoms with E-state index in [1.165, 1.54) is 0 Å². The smallest absolute Gasteiger partial charge is 0.390 e. The topological polar surface area (TPSA) is 35.2 Å². The van der Waals surface area contributed by atoms with Crippen molar-refractivity contribution >= 4 is 20.7 Å². The summed E-state index contributed by atoms with van der Waals surface area (Å²) < 4.78 is 42.3. The summed E-state index contributed by atoms with van der Waals surface area (Å²) in [6.45, 7) is 6.11. The molecule has 7 heteroatoms. The van der Waals surface area contributed by atoms with Gasteiger partial charge in [-0.2, -0.15) is 13.2 Å². The zero-order chi connectivity index (χ0) is 14.0. The molecule has 0 aliphatic carbocycles. The summed E-state index contributed by atoms with van der Waals surface area (Å²) >= 11 is 0. The lowest BCUT2D eigenvalue weighted by molar-refractivity contribution is -0.138. The van der Waals surface area contributed by atoms with Crippen molar-refractivity contribution in [2.75, 3.05) is 0 Å². The van der Waals surface area contributed by atoms with Crippen LogP contribution in [0.3, 0.4) is 0 Å². The molecule has 1 aromatic carbocycles. The predicted molar refractivity (Wildman–Crippen MR) is 75.3 cm³/mol. The van der Waals surface area contributed by atoms with E-state index >= 15 is 0 Å². The van der Waals surface area contributed by atoms with Gasteiger partial charge < -0.3 is 10.2 Å². The van der Waals surface area contributed by atoms with Crippen molar-refractivity contribution in [3.63, 3.8) is 0 Å². The van der Waals surface area contributed by atoms with Crippen molar-refractivity contribution in [3.8, 4) is 5.75 Å². The summed E-state index contributed by atoms with van der Waals surface area (Å²) in [5.74, 6) is 0.678. The van der Waals surface area contributed by atoms with Crippen LogP contribution in [0, 0.1) is 0 Å². The van der Waals surface area contributed by atoms with E-state index in [2.05, 4.69) is 0 Å². The first-order chi connectivity index (χ1) is 8.07. The summed E-state index contributed by atoms with van der Waals surface area (Å²) in [4.78, 5) is 0. The number of alkyl halides is 3. The van der Waals surface area contributed by atoms with Gasteiger partial charge in [0.2, 0.25) is 8.32 Å². The van der Waals surface area contributed by atoms with Gasteiger partial charge in [-0.3, -0.25) is 0 Å². The van der Waals surface area contributed by atoms with Crippen molar-refractivity contribution < 1.29 is 17.6 Å². The minimum absolute atomic E-state index is 0. The molecule has 2 nitrogen and oxygen atoms in total. The second-order valence-electron chi connectivity index (χ2n) is 5.21. The highest BCUT2D eigenvalue weighted by Gasteiger charge is 2.30. The number of hydrogen-bond acceptors (Lipinski definition) is 2. The second kappa shape index (κ2) is 6.63. The normalized spacial score (nSPS) is 13.6. The average Bonchev–Trinajstić information content (AvgIpc) is 2.13. The number of halogens is 4. The van der Waals surface area contributed by atoms with Crippen LogP contribution in [0.15, 0.2) is 24.3 Å². The van der Waals surface area contributed by atoms with Crippen LogP contribution in [0.5, 0.6) is 5.75 Å². The largest absolute Gasteiger partial charge is 0.544 e. The number of benzene rings is 1. The third-order valence-corrected chi connectivity index (χ3v) is 3.03. The van der Waals surface area contributed by atoms with Gasteiger partial charge in [-0.1, -0.05) is 12.1 Å². The molecular formula is C12H19ClF3NOSi. The Morgan fingerprint density at radius 2 is 1.63 bits per heavy atom.